The smallest absolute Gasteiger partial charge is 0.0992 e. The largest absolute Gasteiger partial charge is 0.397 e. The molecule has 0 amide bonds. The summed E-state index contributed by atoms with van der Waals surface area (Å²) in [5.41, 5.74) is 9.85. The van der Waals surface area contributed by atoms with Crippen LogP contribution >= 0.6 is 11.3 Å². The van der Waals surface area contributed by atoms with Crippen LogP contribution in [0.2, 0.25) is 0 Å². The molecule has 1 aromatic heterocycles. The Morgan fingerprint density at radius 1 is 1.42 bits per heavy atom. The molecule has 1 aromatic carbocycles. The molecule has 1 atom stereocenters. The highest BCUT2D eigenvalue weighted by atomic mass is 32.1. The van der Waals surface area contributed by atoms with E-state index >= 15 is 0 Å². The van der Waals surface area contributed by atoms with Gasteiger partial charge in [-0.25, -0.2) is 0 Å². The summed E-state index contributed by atoms with van der Waals surface area (Å²) in [6.07, 6.45) is 1.05. The van der Waals surface area contributed by atoms with Crippen molar-refractivity contribution >= 4 is 22.7 Å². The molecule has 0 saturated carbocycles. The normalized spacial score (nSPS) is 17.9. The first-order valence-electron chi connectivity index (χ1n) is 6.33. The summed E-state index contributed by atoms with van der Waals surface area (Å²) in [5.74, 6) is 0. The van der Waals surface area contributed by atoms with Gasteiger partial charge in [-0.2, -0.15) is 5.26 Å². The maximum Gasteiger partial charge on any atom is 0.0992 e. The summed E-state index contributed by atoms with van der Waals surface area (Å²) in [4.78, 5) is 3.77. The molecule has 0 radical (unpaired) electrons. The molecule has 1 aliphatic rings. The van der Waals surface area contributed by atoms with E-state index in [1.807, 2.05) is 23.5 Å². The van der Waals surface area contributed by atoms with E-state index in [2.05, 4.69) is 29.3 Å². The van der Waals surface area contributed by atoms with Gasteiger partial charge in [0, 0.05) is 11.4 Å². The first-order chi connectivity index (χ1) is 9.20. The molecule has 0 fully saturated rings. The summed E-state index contributed by atoms with van der Waals surface area (Å²) >= 11 is 1.83. The molecule has 2 aromatic rings. The lowest BCUT2D eigenvalue weighted by atomic mass is 10.00. The van der Waals surface area contributed by atoms with Crippen molar-refractivity contribution in [2.24, 2.45) is 0 Å². The lowest BCUT2D eigenvalue weighted by Gasteiger charge is -2.36. The van der Waals surface area contributed by atoms with Crippen molar-refractivity contribution in [3.8, 4) is 6.07 Å². The Labute approximate surface area is 116 Å². The number of thiophene rings is 1. The fourth-order valence-corrected chi connectivity index (χ4v) is 3.66. The Bertz CT molecular complexity index is 654. The topological polar surface area (TPSA) is 53.0 Å². The first-order valence-corrected chi connectivity index (χ1v) is 7.21. The van der Waals surface area contributed by atoms with Crippen molar-refractivity contribution in [3.05, 3.63) is 45.6 Å². The summed E-state index contributed by atoms with van der Waals surface area (Å²) in [6.45, 7) is 3.15. The minimum absolute atomic E-state index is 0.311. The number of nitrogens with two attached hydrogens (primary N) is 1. The van der Waals surface area contributed by atoms with E-state index in [1.54, 1.807) is 6.07 Å². The van der Waals surface area contributed by atoms with Gasteiger partial charge in [-0.15, -0.1) is 11.3 Å². The van der Waals surface area contributed by atoms with Gasteiger partial charge >= 0.3 is 0 Å². The second-order valence-electron chi connectivity index (χ2n) is 4.80. The summed E-state index contributed by atoms with van der Waals surface area (Å²) in [7, 11) is 0. The van der Waals surface area contributed by atoms with Gasteiger partial charge < -0.3 is 10.6 Å². The van der Waals surface area contributed by atoms with Gasteiger partial charge in [-0.1, -0.05) is 0 Å². The summed E-state index contributed by atoms with van der Waals surface area (Å²) in [5, 5.41) is 11.2. The van der Waals surface area contributed by atoms with Gasteiger partial charge in [0.05, 0.1) is 29.0 Å². The summed E-state index contributed by atoms with van der Waals surface area (Å²) < 4.78 is 0. The lowest BCUT2D eigenvalue weighted by molar-refractivity contribution is 0.633. The van der Waals surface area contributed by atoms with E-state index in [-0.39, 0.29) is 0 Å². The highest BCUT2D eigenvalue weighted by molar-refractivity contribution is 7.10. The Morgan fingerprint density at radius 2 is 2.26 bits per heavy atom. The zero-order chi connectivity index (χ0) is 13.4. The highest BCUT2D eigenvalue weighted by Crippen LogP contribution is 2.38. The van der Waals surface area contributed by atoms with Crippen molar-refractivity contribution in [1.29, 1.82) is 5.26 Å². The molecule has 19 heavy (non-hydrogen) atoms. The molecule has 3 nitrogen and oxygen atoms in total. The number of hydrogen-bond donors (Lipinski definition) is 1. The van der Waals surface area contributed by atoms with E-state index in [0.717, 1.165) is 24.3 Å². The van der Waals surface area contributed by atoms with Crippen LogP contribution in [-0.4, -0.2) is 6.54 Å². The number of nitrogen functional groups attached to an aromatic ring is 1. The number of nitrogens with zero attached hydrogens (tertiary/aromatic N) is 2. The summed E-state index contributed by atoms with van der Waals surface area (Å²) in [6, 6.07) is 10.2. The molecule has 0 spiro atoms. The molecule has 3 rings (SSSR count). The Hall–Kier alpha value is -1.99. The third-order valence-corrected chi connectivity index (χ3v) is 4.74. The SMILES string of the molecule is CC1c2ccsc2CCN1c1cc(C#N)ccc1N. The second kappa shape index (κ2) is 4.60. The molecule has 2 N–H and O–H groups in total. The Balaban J connectivity index is 2.02. The molecule has 1 aliphatic heterocycles. The highest BCUT2D eigenvalue weighted by Gasteiger charge is 2.26. The quantitative estimate of drug-likeness (QED) is 0.808. The molecule has 1 unspecified atom stereocenters. The monoisotopic (exact) mass is 269 g/mol. The van der Waals surface area contributed by atoms with Gasteiger partial charge in [0.2, 0.25) is 0 Å². The molecule has 0 aliphatic carbocycles. The van der Waals surface area contributed by atoms with Crippen LogP contribution in [-0.2, 0) is 6.42 Å². The second-order valence-corrected chi connectivity index (χ2v) is 5.80. The predicted molar refractivity (Wildman–Crippen MR) is 79.4 cm³/mol. The molecule has 2 heterocycles. The fourth-order valence-electron chi connectivity index (χ4n) is 2.70. The zero-order valence-corrected chi connectivity index (χ0v) is 11.6. The standard InChI is InChI=1S/C15H15N3S/c1-10-12-5-7-19-15(12)4-6-18(10)14-8-11(9-16)2-3-13(14)17/h2-3,5,7-8,10H,4,6,17H2,1H3. The van der Waals surface area contributed by atoms with Crippen LogP contribution in [0.15, 0.2) is 29.6 Å². The Kier molecular flexibility index (Phi) is 2.92. The van der Waals surface area contributed by atoms with E-state index in [0.29, 0.717) is 11.6 Å². The lowest BCUT2D eigenvalue weighted by Crippen LogP contribution is -2.33. The average molecular weight is 269 g/mol. The molecular weight excluding hydrogens is 254 g/mol. The van der Waals surface area contributed by atoms with Crippen molar-refractivity contribution in [2.45, 2.75) is 19.4 Å². The van der Waals surface area contributed by atoms with Crippen molar-refractivity contribution in [2.75, 3.05) is 17.2 Å². The van der Waals surface area contributed by atoms with E-state index in [4.69, 9.17) is 11.0 Å². The number of fused-ring (bicyclic) bond motifs is 1. The number of nitriles is 1. The van der Waals surface area contributed by atoms with Crippen molar-refractivity contribution in [3.63, 3.8) is 0 Å². The van der Waals surface area contributed by atoms with Crippen LogP contribution in [0.3, 0.4) is 0 Å². The van der Waals surface area contributed by atoms with Gasteiger partial charge in [0.15, 0.2) is 0 Å². The van der Waals surface area contributed by atoms with Crippen LogP contribution < -0.4 is 10.6 Å². The van der Waals surface area contributed by atoms with Crippen molar-refractivity contribution < 1.29 is 0 Å². The van der Waals surface area contributed by atoms with Crippen LogP contribution in [0.4, 0.5) is 11.4 Å². The zero-order valence-electron chi connectivity index (χ0n) is 10.8. The van der Waals surface area contributed by atoms with Crippen LogP contribution in [0.1, 0.15) is 29.0 Å². The van der Waals surface area contributed by atoms with Gasteiger partial charge in [-0.3, -0.25) is 0 Å². The van der Waals surface area contributed by atoms with E-state index < -0.39 is 0 Å². The third kappa shape index (κ3) is 1.96. The fraction of sp³-hybridized carbons (Fsp3) is 0.267. The molecule has 0 bridgehead atoms. The van der Waals surface area contributed by atoms with Crippen LogP contribution in [0, 0.1) is 11.3 Å². The van der Waals surface area contributed by atoms with Crippen LogP contribution in [0.25, 0.3) is 0 Å². The number of benzene rings is 1. The predicted octanol–water partition coefficient (Wildman–Crippen LogP) is 3.33. The van der Waals surface area contributed by atoms with Crippen molar-refractivity contribution in [1.82, 2.24) is 0 Å². The van der Waals surface area contributed by atoms with Gasteiger partial charge in [0.25, 0.3) is 0 Å². The van der Waals surface area contributed by atoms with E-state index in [9.17, 15) is 0 Å². The first kappa shape index (κ1) is 12.1. The van der Waals surface area contributed by atoms with Crippen LogP contribution in [0.5, 0.6) is 0 Å². The molecule has 4 heteroatoms. The maximum atomic E-state index is 9.03. The average Bonchev–Trinajstić information content (AvgIpc) is 2.90. The van der Waals surface area contributed by atoms with Gasteiger partial charge in [0.1, 0.15) is 0 Å². The molecule has 0 saturated heterocycles. The number of hydrogen-bond acceptors (Lipinski definition) is 4. The van der Waals surface area contributed by atoms with Gasteiger partial charge in [-0.05, 0) is 48.6 Å². The minimum Gasteiger partial charge on any atom is -0.397 e. The molecular formula is C15H15N3S. The number of rotatable bonds is 1. The third-order valence-electron chi connectivity index (χ3n) is 3.75. The maximum absolute atomic E-state index is 9.03. The number of anilines is 2. The molecule has 96 valence electrons. The Morgan fingerprint density at radius 3 is 3.05 bits per heavy atom. The van der Waals surface area contributed by atoms with E-state index in [1.165, 1.54) is 10.4 Å². The minimum atomic E-state index is 0.311.